The van der Waals surface area contributed by atoms with E-state index in [-0.39, 0.29) is 10.6 Å². The molecule has 0 saturated carbocycles. The van der Waals surface area contributed by atoms with Crippen molar-refractivity contribution in [3.8, 4) is 0 Å². The number of benzene rings is 1. The van der Waals surface area contributed by atoms with Crippen molar-refractivity contribution < 1.29 is 14.5 Å². The van der Waals surface area contributed by atoms with Gasteiger partial charge in [0, 0.05) is 33.7 Å². The number of nitro benzene ring substituents is 1. The summed E-state index contributed by atoms with van der Waals surface area (Å²) in [6.07, 6.45) is 4.91. The Labute approximate surface area is 181 Å². The smallest absolute Gasteiger partial charge is 0.315 e. The summed E-state index contributed by atoms with van der Waals surface area (Å²) in [7, 11) is 1.36. The summed E-state index contributed by atoms with van der Waals surface area (Å²) in [6.45, 7) is 6.11. The minimum Gasteiger partial charge on any atom is -0.468 e. The number of aliphatic imine (C=N–C) groups is 1. The highest BCUT2D eigenvalue weighted by Crippen LogP contribution is 2.51. The number of carbonyl (C=O) groups excluding carboxylic acids is 1. The van der Waals surface area contributed by atoms with E-state index in [1.165, 1.54) is 23.6 Å². The number of hydrogen-bond acceptors (Lipinski definition) is 6. The monoisotopic (exact) mass is 428 g/mol. The molecular formula is C23H28N2O4S. The Hall–Kier alpha value is -2.54. The predicted molar refractivity (Wildman–Crippen MR) is 120 cm³/mol. The Morgan fingerprint density at radius 3 is 2.60 bits per heavy atom. The number of fused-ring (bicyclic) bond motifs is 1. The Balaban J connectivity index is 2.31. The molecule has 1 aromatic carbocycles. The normalized spacial score (nSPS) is 17.9. The maximum atomic E-state index is 12.8. The molecule has 0 amide bonds. The molecule has 7 heteroatoms. The first kappa shape index (κ1) is 22.2. The molecule has 3 rings (SSSR count). The lowest BCUT2D eigenvalue weighted by Gasteiger charge is -2.30. The van der Waals surface area contributed by atoms with Gasteiger partial charge in [-0.25, -0.2) is 4.99 Å². The molecule has 0 bridgehead atoms. The summed E-state index contributed by atoms with van der Waals surface area (Å²) in [5.74, 6) is -1.55. The van der Waals surface area contributed by atoms with Crippen LogP contribution in [0.15, 0.2) is 29.3 Å². The number of aryl methyl sites for hydroxylation is 1. The lowest BCUT2D eigenvalue weighted by molar-refractivity contribution is -0.385. The van der Waals surface area contributed by atoms with Crippen molar-refractivity contribution in [1.82, 2.24) is 0 Å². The highest BCUT2D eigenvalue weighted by Gasteiger charge is 2.43. The van der Waals surface area contributed by atoms with Crippen LogP contribution in [-0.2, 0) is 22.4 Å². The molecule has 1 aromatic heterocycles. The van der Waals surface area contributed by atoms with Gasteiger partial charge < -0.3 is 4.74 Å². The molecule has 0 radical (unpaired) electrons. The predicted octanol–water partition coefficient (Wildman–Crippen LogP) is 5.98. The van der Waals surface area contributed by atoms with E-state index in [0.717, 1.165) is 42.7 Å². The molecule has 0 spiro atoms. The third kappa shape index (κ3) is 4.03. The fourth-order valence-corrected chi connectivity index (χ4v) is 5.72. The molecule has 0 saturated heterocycles. The summed E-state index contributed by atoms with van der Waals surface area (Å²) in [5.41, 5.74) is 3.41. The Bertz CT molecular complexity index is 980. The highest BCUT2D eigenvalue weighted by molar-refractivity contribution is 7.16. The maximum Gasteiger partial charge on any atom is 0.315 e. The Morgan fingerprint density at radius 2 is 1.97 bits per heavy atom. The number of para-hydroxylation sites is 1. The van der Waals surface area contributed by atoms with Crippen molar-refractivity contribution >= 4 is 33.7 Å². The summed E-state index contributed by atoms with van der Waals surface area (Å²) in [4.78, 5) is 30.4. The van der Waals surface area contributed by atoms with Crippen LogP contribution in [0, 0.1) is 16.0 Å². The van der Waals surface area contributed by atoms with Crippen molar-refractivity contribution in [2.75, 3.05) is 7.11 Å². The molecule has 1 aliphatic rings. The topological polar surface area (TPSA) is 81.8 Å². The molecule has 0 aliphatic carbocycles. The fourth-order valence-electron chi connectivity index (χ4n) is 4.30. The molecule has 2 unspecified atom stereocenters. The van der Waals surface area contributed by atoms with Crippen LogP contribution in [0.2, 0.25) is 0 Å². The number of thiophene rings is 1. The number of nitrogens with zero attached hydrogens (tertiary/aromatic N) is 2. The average molecular weight is 429 g/mol. The number of unbranched alkanes of at least 4 members (excludes halogenated alkanes) is 1. The van der Waals surface area contributed by atoms with E-state index in [1.54, 1.807) is 29.5 Å². The number of nitro groups is 1. The van der Waals surface area contributed by atoms with E-state index in [2.05, 4.69) is 13.8 Å². The van der Waals surface area contributed by atoms with Crippen LogP contribution in [0.3, 0.4) is 0 Å². The molecule has 0 N–H and O–H groups in total. The first-order valence-electron chi connectivity index (χ1n) is 10.4. The number of ether oxygens (including phenoxy) is 1. The van der Waals surface area contributed by atoms with Crippen LogP contribution in [0.1, 0.15) is 67.5 Å². The van der Waals surface area contributed by atoms with Gasteiger partial charge in [0.2, 0.25) is 0 Å². The zero-order chi connectivity index (χ0) is 21.8. The van der Waals surface area contributed by atoms with E-state index in [9.17, 15) is 14.9 Å². The third-order valence-electron chi connectivity index (χ3n) is 5.67. The largest absolute Gasteiger partial charge is 0.468 e. The van der Waals surface area contributed by atoms with Gasteiger partial charge in [0.25, 0.3) is 5.69 Å². The van der Waals surface area contributed by atoms with Crippen molar-refractivity contribution in [3.63, 3.8) is 0 Å². The summed E-state index contributed by atoms with van der Waals surface area (Å²) >= 11 is 1.67. The Morgan fingerprint density at radius 1 is 1.23 bits per heavy atom. The SMILES string of the molecule is CCCCc1c(CCC)sc2c1C(c1ccccc1[N+](=O)[O-])C(C(=O)OC)C(C)=N2. The van der Waals surface area contributed by atoms with Gasteiger partial charge in [0.05, 0.1) is 12.0 Å². The summed E-state index contributed by atoms with van der Waals surface area (Å²) in [6, 6.07) is 6.73. The van der Waals surface area contributed by atoms with E-state index in [1.807, 2.05) is 6.92 Å². The molecule has 30 heavy (non-hydrogen) atoms. The second kappa shape index (κ2) is 9.51. The molecule has 2 aromatic rings. The lowest BCUT2D eigenvalue weighted by atomic mass is 9.74. The molecule has 1 aliphatic heterocycles. The van der Waals surface area contributed by atoms with Crippen molar-refractivity contribution in [2.24, 2.45) is 10.9 Å². The van der Waals surface area contributed by atoms with Crippen molar-refractivity contribution in [1.29, 1.82) is 0 Å². The highest BCUT2D eigenvalue weighted by atomic mass is 32.1. The number of hydrogen-bond donors (Lipinski definition) is 0. The van der Waals surface area contributed by atoms with Gasteiger partial charge in [-0.3, -0.25) is 14.9 Å². The van der Waals surface area contributed by atoms with E-state index in [4.69, 9.17) is 9.73 Å². The van der Waals surface area contributed by atoms with Gasteiger partial charge >= 0.3 is 5.97 Å². The lowest BCUT2D eigenvalue weighted by Crippen LogP contribution is -2.33. The molecule has 2 atom stereocenters. The van der Waals surface area contributed by atoms with Gasteiger partial charge in [-0.05, 0) is 31.7 Å². The molecule has 6 nitrogen and oxygen atoms in total. The number of methoxy groups -OCH3 is 1. The maximum absolute atomic E-state index is 12.8. The van der Waals surface area contributed by atoms with Gasteiger partial charge in [0.15, 0.2) is 0 Å². The van der Waals surface area contributed by atoms with E-state index < -0.39 is 17.8 Å². The molecular weight excluding hydrogens is 400 g/mol. The Kier molecular flexibility index (Phi) is 7.02. The second-order valence-electron chi connectivity index (χ2n) is 7.62. The first-order valence-corrected chi connectivity index (χ1v) is 11.3. The third-order valence-corrected chi connectivity index (χ3v) is 6.87. The quantitative estimate of drug-likeness (QED) is 0.294. The zero-order valence-electron chi connectivity index (χ0n) is 17.9. The van der Waals surface area contributed by atoms with Crippen LogP contribution < -0.4 is 0 Å². The van der Waals surface area contributed by atoms with Gasteiger partial charge in [-0.2, -0.15) is 0 Å². The second-order valence-corrected chi connectivity index (χ2v) is 8.71. The van der Waals surface area contributed by atoms with Crippen LogP contribution in [0.25, 0.3) is 0 Å². The van der Waals surface area contributed by atoms with E-state index >= 15 is 0 Å². The molecule has 2 heterocycles. The molecule has 0 fully saturated rings. The van der Waals surface area contributed by atoms with E-state index in [0.29, 0.717) is 11.3 Å². The van der Waals surface area contributed by atoms with Crippen LogP contribution in [0.5, 0.6) is 0 Å². The standard InChI is InChI=1S/C23H28N2O4S/c1-5-7-11-16-18(10-6-2)30-22-21(16)20(19(14(3)24-22)23(26)29-4)15-12-8-9-13-17(15)25(27)28/h8-9,12-13,19-20H,5-7,10-11H2,1-4H3. The summed E-state index contributed by atoms with van der Waals surface area (Å²) < 4.78 is 5.12. The number of rotatable bonds is 8. The number of esters is 1. The van der Waals surface area contributed by atoms with Crippen molar-refractivity contribution in [2.45, 2.75) is 58.8 Å². The number of carbonyl (C=O) groups is 1. The first-order chi connectivity index (χ1) is 14.4. The minimum atomic E-state index is -0.673. The zero-order valence-corrected chi connectivity index (χ0v) is 18.8. The summed E-state index contributed by atoms with van der Waals surface area (Å²) in [5, 5.41) is 12.7. The minimum absolute atomic E-state index is 0.0294. The average Bonchev–Trinajstić information content (AvgIpc) is 3.07. The fraction of sp³-hybridized carbons (Fsp3) is 0.478. The van der Waals surface area contributed by atoms with Crippen molar-refractivity contribution in [3.05, 3.63) is 55.9 Å². The van der Waals surface area contributed by atoms with Gasteiger partial charge in [-0.15, -0.1) is 11.3 Å². The van der Waals surface area contributed by atoms with Crippen LogP contribution >= 0.6 is 11.3 Å². The van der Waals surface area contributed by atoms with Crippen LogP contribution in [0.4, 0.5) is 10.7 Å². The van der Waals surface area contributed by atoms with Gasteiger partial charge in [0.1, 0.15) is 10.9 Å². The van der Waals surface area contributed by atoms with Crippen LogP contribution in [-0.4, -0.2) is 23.7 Å². The van der Waals surface area contributed by atoms with Gasteiger partial charge in [-0.1, -0.05) is 44.9 Å². The molecule has 160 valence electrons.